The topological polar surface area (TPSA) is 114 Å². The minimum atomic E-state index is -4.88. The number of ether oxygens (including phenoxy) is 2. The Morgan fingerprint density at radius 3 is 2.52 bits per heavy atom. The number of rotatable bonds is 9. The molecule has 2 aromatic carbocycles. The van der Waals surface area contributed by atoms with E-state index in [9.17, 15) is 31.2 Å². The van der Waals surface area contributed by atoms with Gasteiger partial charge in [-0.3, -0.25) is 9.69 Å². The summed E-state index contributed by atoms with van der Waals surface area (Å²) in [7, 11) is -4.02. The number of nitrogens with zero attached hydrogens (tertiary/aromatic N) is 1. The zero-order chi connectivity index (χ0) is 24.1. The molecule has 3 rings (SSSR count). The molecule has 33 heavy (non-hydrogen) atoms. The fraction of sp³-hybridized carbons (Fsp3) is 0.300. The number of sulfonamides is 1. The molecule has 0 saturated carbocycles. The molecule has 13 heteroatoms. The number of amides is 2. The molecule has 178 valence electrons. The zero-order valence-electron chi connectivity index (χ0n) is 17.1. The standard InChI is InChI=1S/C20H20F3N3O6S/c21-20(22,23)32-16-4-6-17(7-5-16)33(29,30)25-9-8-18(27)24-13-14-2-1-3-15(12-14)26-10-11-31-19(26)28/h1-7,12,25H,8-11,13H2,(H,24,27). The van der Waals surface area contributed by atoms with E-state index in [-0.39, 0.29) is 24.4 Å². The summed E-state index contributed by atoms with van der Waals surface area (Å²) in [5.41, 5.74) is 1.38. The predicted octanol–water partition coefficient (Wildman–Crippen LogP) is 2.53. The van der Waals surface area contributed by atoms with Crippen molar-refractivity contribution in [3.8, 4) is 5.75 Å². The third-order valence-electron chi connectivity index (χ3n) is 4.48. The molecule has 2 N–H and O–H groups in total. The number of nitrogens with one attached hydrogen (secondary N) is 2. The third kappa shape index (κ3) is 7.08. The van der Waals surface area contributed by atoms with Crippen LogP contribution in [0.4, 0.5) is 23.7 Å². The van der Waals surface area contributed by atoms with Gasteiger partial charge in [0.05, 0.1) is 11.4 Å². The Bertz CT molecular complexity index is 1110. The van der Waals surface area contributed by atoms with Crippen molar-refractivity contribution in [3.05, 3.63) is 54.1 Å². The monoisotopic (exact) mass is 487 g/mol. The first-order chi connectivity index (χ1) is 15.5. The molecule has 9 nitrogen and oxygen atoms in total. The third-order valence-corrected chi connectivity index (χ3v) is 5.96. The first-order valence-corrected chi connectivity index (χ1v) is 11.2. The van der Waals surface area contributed by atoms with Crippen LogP contribution in [0.2, 0.25) is 0 Å². The number of carbonyl (C=O) groups excluding carboxylic acids is 2. The van der Waals surface area contributed by atoms with Crippen LogP contribution in [0.3, 0.4) is 0 Å². The fourth-order valence-electron chi connectivity index (χ4n) is 2.95. The van der Waals surface area contributed by atoms with Gasteiger partial charge >= 0.3 is 12.5 Å². The van der Waals surface area contributed by atoms with Gasteiger partial charge in [0, 0.05) is 25.2 Å². The molecule has 2 amide bonds. The lowest BCUT2D eigenvalue weighted by molar-refractivity contribution is -0.274. The molecule has 2 aromatic rings. The lowest BCUT2D eigenvalue weighted by Crippen LogP contribution is -2.30. The minimum absolute atomic E-state index is 0.160. The summed E-state index contributed by atoms with van der Waals surface area (Å²) in [6.45, 7) is 0.700. The summed E-state index contributed by atoms with van der Waals surface area (Å²) >= 11 is 0. The van der Waals surface area contributed by atoms with Gasteiger partial charge in [-0.2, -0.15) is 0 Å². The van der Waals surface area contributed by atoms with E-state index >= 15 is 0 Å². The highest BCUT2D eigenvalue weighted by Gasteiger charge is 2.31. The molecular formula is C20H20F3N3O6S. The maximum absolute atomic E-state index is 12.2. The van der Waals surface area contributed by atoms with Crippen LogP contribution in [-0.4, -0.2) is 46.5 Å². The van der Waals surface area contributed by atoms with Crippen molar-refractivity contribution in [2.45, 2.75) is 24.2 Å². The molecule has 0 radical (unpaired) electrons. The van der Waals surface area contributed by atoms with Crippen LogP contribution in [0.5, 0.6) is 5.75 Å². The van der Waals surface area contributed by atoms with Crippen LogP contribution in [0, 0.1) is 0 Å². The first-order valence-electron chi connectivity index (χ1n) is 9.69. The SMILES string of the molecule is O=C(CCNS(=O)(=O)c1ccc(OC(F)(F)F)cc1)NCc1cccc(N2CCOC2=O)c1. The molecule has 0 unspecified atom stereocenters. The van der Waals surface area contributed by atoms with Crippen molar-refractivity contribution in [1.29, 1.82) is 0 Å². The average molecular weight is 487 g/mol. The number of benzene rings is 2. The zero-order valence-corrected chi connectivity index (χ0v) is 17.9. The van der Waals surface area contributed by atoms with Crippen molar-refractivity contribution in [1.82, 2.24) is 10.0 Å². The van der Waals surface area contributed by atoms with E-state index in [0.29, 0.717) is 18.8 Å². The maximum Gasteiger partial charge on any atom is 0.573 e. The van der Waals surface area contributed by atoms with E-state index in [0.717, 1.165) is 29.8 Å². The Morgan fingerprint density at radius 1 is 1.15 bits per heavy atom. The maximum atomic E-state index is 12.2. The smallest absolute Gasteiger partial charge is 0.447 e. The van der Waals surface area contributed by atoms with Gasteiger partial charge in [0.15, 0.2) is 0 Å². The lowest BCUT2D eigenvalue weighted by atomic mass is 10.2. The molecular weight excluding hydrogens is 467 g/mol. The Balaban J connectivity index is 1.46. The predicted molar refractivity (Wildman–Crippen MR) is 110 cm³/mol. The lowest BCUT2D eigenvalue weighted by Gasteiger charge is -2.14. The van der Waals surface area contributed by atoms with E-state index in [1.165, 1.54) is 4.90 Å². The molecule has 0 aliphatic carbocycles. The molecule has 1 heterocycles. The summed E-state index contributed by atoms with van der Waals surface area (Å²) < 4.78 is 71.8. The van der Waals surface area contributed by atoms with Crippen LogP contribution in [0.1, 0.15) is 12.0 Å². The molecule has 0 aromatic heterocycles. The molecule has 1 saturated heterocycles. The molecule has 1 aliphatic heterocycles. The second-order valence-corrected chi connectivity index (χ2v) is 8.65. The Hall–Kier alpha value is -3.32. The highest BCUT2D eigenvalue weighted by atomic mass is 32.2. The number of anilines is 1. The van der Waals surface area contributed by atoms with E-state index in [1.807, 2.05) is 0 Å². The van der Waals surface area contributed by atoms with Crippen LogP contribution in [-0.2, 0) is 26.1 Å². The van der Waals surface area contributed by atoms with Crippen molar-refractivity contribution in [2.75, 3.05) is 24.6 Å². The molecule has 1 aliphatic rings. The van der Waals surface area contributed by atoms with Gasteiger partial charge in [0.1, 0.15) is 12.4 Å². The molecule has 1 fully saturated rings. The number of carbonyl (C=O) groups is 2. The van der Waals surface area contributed by atoms with Gasteiger partial charge in [0.25, 0.3) is 0 Å². The van der Waals surface area contributed by atoms with Gasteiger partial charge in [-0.05, 0) is 42.0 Å². The average Bonchev–Trinajstić information content (AvgIpc) is 3.17. The van der Waals surface area contributed by atoms with E-state index in [1.54, 1.807) is 24.3 Å². The first kappa shape index (κ1) is 24.3. The fourth-order valence-corrected chi connectivity index (χ4v) is 3.99. The second kappa shape index (κ2) is 10.1. The summed E-state index contributed by atoms with van der Waals surface area (Å²) in [5.74, 6) is -0.968. The minimum Gasteiger partial charge on any atom is -0.447 e. The number of hydrogen-bond donors (Lipinski definition) is 2. The highest BCUT2D eigenvalue weighted by Crippen LogP contribution is 2.24. The normalized spacial score (nSPS) is 14.2. The van der Waals surface area contributed by atoms with Crippen LogP contribution in [0.25, 0.3) is 0 Å². The Morgan fingerprint density at radius 2 is 1.88 bits per heavy atom. The Kier molecular flexibility index (Phi) is 7.43. The van der Waals surface area contributed by atoms with Crippen LogP contribution >= 0.6 is 0 Å². The van der Waals surface area contributed by atoms with E-state index in [2.05, 4.69) is 14.8 Å². The van der Waals surface area contributed by atoms with Gasteiger partial charge in [-0.1, -0.05) is 12.1 Å². The van der Waals surface area contributed by atoms with Crippen molar-refractivity contribution >= 4 is 27.7 Å². The molecule has 0 spiro atoms. The number of cyclic esters (lactones) is 1. The van der Waals surface area contributed by atoms with E-state index < -0.39 is 34.1 Å². The molecule has 0 bridgehead atoms. The van der Waals surface area contributed by atoms with Crippen LogP contribution in [0.15, 0.2) is 53.4 Å². The van der Waals surface area contributed by atoms with Gasteiger partial charge < -0.3 is 14.8 Å². The Labute approximate surface area is 187 Å². The summed E-state index contributed by atoms with van der Waals surface area (Å²) in [6, 6.07) is 10.7. The largest absolute Gasteiger partial charge is 0.573 e. The summed E-state index contributed by atoms with van der Waals surface area (Å²) in [6.07, 6.45) is -5.48. The van der Waals surface area contributed by atoms with Crippen molar-refractivity contribution in [3.63, 3.8) is 0 Å². The number of alkyl halides is 3. The van der Waals surface area contributed by atoms with Crippen LogP contribution < -0.4 is 19.7 Å². The van der Waals surface area contributed by atoms with Gasteiger partial charge in [0.2, 0.25) is 15.9 Å². The van der Waals surface area contributed by atoms with Gasteiger partial charge in [-0.15, -0.1) is 13.2 Å². The van der Waals surface area contributed by atoms with Crippen molar-refractivity contribution < 1.29 is 40.7 Å². The second-order valence-electron chi connectivity index (χ2n) is 6.88. The van der Waals surface area contributed by atoms with E-state index in [4.69, 9.17) is 4.74 Å². The quantitative estimate of drug-likeness (QED) is 0.562. The molecule has 0 atom stereocenters. The van der Waals surface area contributed by atoms with Crippen molar-refractivity contribution in [2.24, 2.45) is 0 Å². The number of hydrogen-bond acceptors (Lipinski definition) is 6. The van der Waals surface area contributed by atoms with Gasteiger partial charge in [-0.25, -0.2) is 17.9 Å². The highest BCUT2D eigenvalue weighted by molar-refractivity contribution is 7.89. The summed E-state index contributed by atoms with van der Waals surface area (Å²) in [5, 5.41) is 2.65. The number of halogens is 3. The summed E-state index contributed by atoms with van der Waals surface area (Å²) in [4.78, 5) is 24.9.